The maximum Gasteiger partial charge on any atom is 0.115 e. The van der Waals surface area contributed by atoms with E-state index in [9.17, 15) is 5.11 Å². The second-order valence-electron chi connectivity index (χ2n) is 3.46. The van der Waals surface area contributed by atoms with Crippen LogP contribution in [0.3, 0.4) is 0 Å². The van der Waals surface area contributed by atoms with Crippen LogP contribution in [-0.2, 0) is 0 Å². The SMILES string of the molecule is CCN(C)C[C@H](O)c1ccc(O)cc1. The molecule has 0 aliphatic heterocycles. The van der Waals surface area contributed by atoms with Crippen LogP contribution >= 0.6 is 0 Å². The number of nitrogens with zero attached hydrogens (tertiary/aromatic N) is 1. The Morgan fingerprint density at radius 3 is 2.36 bits per heavy atom. The van der Waals surface area contributed by atoms with Gasteiger partial charge in [0.1, 0.15) is 5.75 Å². The molecule has 0 fully saturated rings. The maximum atomic E-state index is 9.79. The van der Waals surface area contributed by atoms with Crippen molar-refractivity contribution >= 4 is 0 Å². The molecule has 78 valence electrons. The van der Waals surface area contributed by atoms with Gasteiger partial charge < -0.3 is 15.1 Å². The van der Waals surface area contributed by atoms with Gasteiger partial charge in [-0.15, -0.1) is 0 Å². The van der Waals surface area contributed by atoms with Gasteiger partial charge in [-0.25, -0.2) is 0 Å². The number of rotatable bonds is 4. The summed E-state index contributed by atoms with van der Waals surface area (Å²) < 4.78 is 0. The zero-order valence-electron chi connectivity index (χ0n) is 8.64. The summed E-state index contributed by atoms with van der Waals surface area (Å²) in [6.07, 6.45) is -0.486. The first-order chi connectivity index (χ1) is 6.63. The van der Waals surface area contributed by atoms with E-state index in [4.69, 9.17) is 5.11 Å². The summed E-state index contributed by atoms with van der Waals surface area (Å²) in [5, 5.41) is 18.9. The molecule has 0 saturated carbocycles. The molecule has 0 bridgehead atoms. The van der Waals surface area contributed by atoms with Crippen molar-refractivity contribution < 1.29 is 10.2 Å². The molecule has 1 aromatic rings. The van der Waals surface area contributed by atoms with Crippen LogP contribution in [-0.4, -0.2) is 35.3 Å². The summed E-state index contributed by atoms with van der Waals surface area (Å²) >= 11 is 0. The fourth-order valence-electron chi connectivity index (χ4n) is 1.23. The summed E-state index contributed by atoms with van der Waals surface area (Å²) in [5.41, 5.74) is 0.836. The monoisotopic (exact) mass is 195 g/mol. The molecule has 0 spiro atoms. The molecule has 0 radical (unpaired) electrons. The topological polar surface area (TPSA) is 43.7 Å². The molecule has 0 aromatic heterocycles. The Labute approximate surface area is 84.6 Å². The lowest BCUT2D eigenvalue weighted by Gasteiger charge is -2.18. The number of hydrogen-bond donors (Lipinski definition) is 2. The summed E-state index contributed by atoms with van der Waals surface area (Å²) in [6, 6.07) is 6.65. The molecule has 0 unspecified atom stereocenters. The molecule has 3 nitrogen and oxygen atoms in total. The maximum absolute atomic E-state index is 9.79. The normalized spacial score (nSPS) is 13.1. The molecule has 0 aliphatic carbocycles. The third kappa shape index (κ3) is 3.01. The average Bonchev–Trinajstić information content (AvgIpc) is 2.18. The standard InChI is InChI=1S/C11H17NO2/c1-3-12(2)8-11(14)9-4-6-10(13)7-5-9/h4-7,11,13-14H,3,8H2,1-2H3/t11-/m0/s1. The van der Waals surface area contributed by atoms with Crippen LogP contribution in [0, 0.1) is 0 Å². The Morgan fingerprint density at radius 1 is 1.29 bits per heavy atom. The van der Waals surface area contributed by atoms with Crippen LogP contribution in [0.15, 0.2) is 24.3 Å². The second-order valence-corrected chi connectivity index (χ2v) is 3.46. The lowest BCUT2D eigenvalue weighted by Crippen LogP contribution is -2.24. The average molecular weight is 195 g/mol. The van der Waals surface area contributed by atoms with Gasteiger partial charge in [0.05, 0.1) is 6.10 Å². The van der Waals surface area contributed by atoms with Crippen LogP contribution in [0.1, 0.15) is 18.6 Å². The van der Waals surface area contributed by atoms with Gasteiger partial charge in [0, 0.05) is 6.54 Å². The number of likely N-dealkylation sites (N-methyl/N-ethyl adjacent to an activating group) is 1. The van der Waals surface area contributed by atoms with Crippen LogP contribution in [0.2, 0.25) is 0 Å². The van der Waals surface area contributed by atoms with Gasteiger partial charge >= 0.3 is 0 Å². The van der Waals surface area contributed by atoms with E-state index < -0.39 is 6.10 Å². The number of aliphatic hydroxyl groups excluding tert-OH is 1. The molecular formula is C11H17NO2. The number of benzene rings is 1. The smallest absolute Gasteiger partial charge is 0.115 e. The van der Waals surface area contributed by atoms with Crippen molar-refractivity contribution in [2.45, 2.75) is 13.0 Å². The Hall–Kier alpha value is -1.06. The van der Waals surface area contributed by atoms with E-state index in [1.807, 2.05) is 18.9 Å². The number of phenols is 1. The highest BCUT2D eigenvalue weighted by Gasteiger charge is 2.09. The van der Waals surface area contributed by atoms with E-state index in [0.29, 0.717) is 6.54 Å². The van der Waals surface area contributed by atoms with Crippen molar-refractivity contribution in [3.63, 3.8) is 0 Å². The van der Waals surface area contributed by atoms with Crippen LogP contribution in [0.5, 0.6) is 5.75 Å². The molecule has 1 rings (SSSR count). The number of phenolic OH excluding ortho intramolecular Hbond substituents is 1. The predicted octanol–water partition coefficient (Wildman–Crippen LogP) is 1.38. The van der Waals surface area contributed by atoms with Crippen LogP contribution < -0.4 is 0 Å². The second kappa shape index (κ2) is 4.98. The van der Waals surface area contributed by atoms with Gasteiger partial charge in [-0.1, -0.05) is 19.1 Å². The zero-order chi connectivity index (χ0) is 10.6. The van der Waals surface area contributed by atoms with Gasteiger partial charge in [0.2, 0.25) is 0 Å². The fraction of sp³-hybridized carbons (Fsp3) is 0.455. The highest BCUT2D eigenvalue weighted by Crippen LogP contribution is 2.17. The molecule has 0 amide bonds. The molecule has 1 aromatic carbocycles. The van der Waals surface area contributed by atoms with Gasteiger partial charge in [0.25, 0.3) is 0 Å². The molecule has 0 heterocycles. The molecule has 0 saturated heterocycles. The quantitative estimate of drug-likeness (QED) is 0.762. The highest BCUT2D eigenvalue weighted by atomic mass is 16.3. The molecule has 14 heavy (non-hydrogen) atoms. The zero-order valence-corrected chi connectivity index (χ0v) is 8.64. The van der Waals surface area contributed by atoms with E-state index >= 15 is 0 Å². The van der Waals surface area contributed by atoms with Gasteiger partial charge in [-0.2, -0.15) is 0 Å². The van der Waals surface area contributed by atoms with Crippen molar-refractivity contribution in [3.05, 3.63) is 29.8 Å². The van der Waals surface area contributed by atoms with E-state index in [0.717, 1.165) is 12.1 Å². The molecule has 0 aliphatic rings. The van der Waals surface area contributed by atoms with E-state index in [2.05, 4.69) is 0 Å². The fourth-order valence-corrected chi connectivity index (χ4v) is 1.23. The van der Waals surface area contributed by atoms with E-state index in [1.165, 1.54) is 0 Å². The van der Waals surface area contributed by atoms with Crippen molar-refractivity contribution in [2.24, 2.45) is 0 Å². The predicted molar refractivity (Wildman–Crippen MR) is 56.2 cm³/mol. The third-order valence-electron chi connectivity index (χ3n) is 2.30. The minimum absolute atomic E-state index is 0.227. The Kier molecular flexibility index (Phi) is 3.92. The van der Waals surface area contributed by atoms with Crippen LogP contribution in [0.25, 0.3) is 0 Å². The summed E-state index contributed by atoms with van der Waals surface area (Å²) in [4.78, 5) is 2.04. The summed E-state index contributed by atoms with van der Waals surface area (Å²) in [5.74, 6) is 0.227. The largest absolute Gasteiger partial charge is 0.508 e. The Morgan fingerprint density at radius 2 is 1.86 bits per heavy atom. The van der Waals surface area contributed by atoms with Gasteiger partial charge in [-0.3, -0.25) is 0 Å². The summed E-state index contributed by atoms with van der Waals surface area (Å²) in [6.45, 7) is 3.57. The minimum Gasteiger partial charge on any atom is -0.508 e. The molecule has 3 heteroatoms. The van der Waals surface area contributed by atoms with E-state index in [1.54, 1.807) is 24.3 Å². The van der Waals surface area contributed by atoms with Crippen molar-refractivity contribution in [1.82, 2.24) is 4.90 Å². The highest BCUT2D eigenvalue weighted by molar-refractivity contribution is 5.27. The lowest BCUT2D eigenvalue weighted by molar-refractivity contribution is 0.129. The Bertz CT molecular complexity index is 271. The first kappa shape index (κ1) is 11.0. The lowest BCUT2D eigenvalue weighted by atomic mass is 10.1. The van der Waals surface area contributed by atoms with Gasteiger partial charge in [0.15, 0.2) is 0 Å². The Balaban J connectivity index is 2.60. The van der Waals surface area contributed by atoms with Crippen LogP contribution in [0.4, 0.5) is 0 Å². The summed E-state index contributed by atoms with van der Waals surface area (Å²) in [7, 11) is 1.96. The van der Waals surface area contributed by atoms with E-state index in [-0.39, 0.29) is 5.75 Å². The number of aliphatic hydroxyl groups is 1. The molecule has 2 N–H and O–H groups in total. The number of hydrogen-bond acceptors (Lipinski definition) is 3. The van der Waals surface area contributed by atoms with Crippen molar-refractivity contribution in [1.29, 1.82) is 0 Å². The first-order valence-electron chi connectivity index (χ1n) is 4.79. The van der Waals surface area contributed by atoms with Crippen molar-refractivity contribution in [2.75, 3.05) is 20.1 Å². The number of aromatic hydroxyl groups is 1. The van der Waals surface area contributed by atoms with Gasteiger partial charge in [-0.05, 0) is 31.3 Å². The first-order valence-corrected chi connectivity index (χ1v) is 4.79. The third-order valence-corrected chi connectivity index (χ3v) is 2.30. The molecular weight excluding hydrogens is 178 g/mol. The molecule has 1 atom stereocenters. The minimum atomic E-state index is -0.486. The van der Waals surface area contributed by atoms with Crippen molar-refractivity contribution in [3.8, 4) is 5.75 Å².